The van der Waals surface area contributed by atoms with Crippen molar-refractivity contribution in [1.29, 1.82) is 0 Å². The summed E-state index contributed by atoms with van der Waals surface area (Å²) in [5, 5.41) is 21.0. The van der Waals surface area contributed by atoms with Gasteiger partial charge in [0.25, 0.3) is 5.91 Å². The normalized spacial score (nSPS) is 19.0. The number of amides is 1. The number of carbonyl (C=O) groups excluding carboxylic acids is 1. The number of phenols is 1. The van der Waals surface area contributed by atoms with Crippen LogP contribution in [-0.2, 0) is 38.2 Å². The van der Waals surface area contributed by atoms with Crippen LogP contribution < -0.4 is 22.3 Å². The van der Waals surface area contributed by atoms with E-state index in [-0.39, 0.29) is 40.7 Å². The average molecular weight is 927 g/mol. The number of nitrogens with one attached hydrogen (secondary N) is 2. The fourth-order valence-electron chi connectivity index (χ4n) is 5.06. The molecule has 10 N–H and O–H groups in total. The summed E-state index contributed by atoms with van der Waals surface area (Å²) < 4.78 is 48.8. The molecule has 22 nitrogen and oxygen atoms in total. The van der Waals surface area contributed by atoms with Gasteiger partial charge in [-0.15, -0.1) is 5.11 Å². The fourth-order valence-corrected chi connectivity index (χ4v) is 10.5. The van der Waals surface area contributed by atoms with Crippen molar-refractivity contribution in [2.45, 2.75) is 56.8 Å². The Morgan fingerprint density at radius 2 is 1.83 bits per heavy atom. The zero-order valence-corrected chi connectivity index (χ0v) is 36.1. The first kappa shape index (κ1) is 48.5. The van der Waals surface area contributed by atoms with Crippen LogP contribution in [0.1, 0.15) is 54.9 Å². The van der Waals surface area contributed by atoms with Crippen LogP contribution in [-0.4, -0.2) is 87.6 Å². The second-order valence-corrected chi connectivity index (χ2v) is 21.3. The number of H-pyrrole nitrogens is 1. The third kappa shape index (κ3) is 16.4. The number of azo groups is 1. The summed E-state index contributed by atoms with van der Waals surface area (Å²) in [4.78, 5) is 87.5. The average Bonchev–Trinajstić information content (AvgIpc) is 3.53. The molecular formula is C32H45N6O16P3S2. The Bertz CT molecular complexity index is 2200. The molecule has 1 fully saturated rings. The summed E-state index contributed by atoms with van der Waals surface area (Å²) in [5.41, 5.74) is 5.86. The van der Waals surface area contributed by atoms with Gasteiger partial charge in [-0.3, -0.25) is 4.79 Å². The van der Waals surface area contributed by atoms with Gasteiger partial charge < -0.3 is 16.2 Å². The van der Waals surface area contributed by atoms with Gasteiger partial charge in [-0.1, -0.05) is 6.07 Å². The van der Waals surface area contributed by atoms with Gasteiger partial charge in [0.2, 0.25) is 0 Å². The zero-order valence-electron chi connectivity index (χ0n) is 31.6. The fraction of sp³-hybridized carbons (Fsp3) is 0.406. The van der Waals surface area contributed by atoms with Gasteiger partial charge in [-0.05, 0) is 54.9 Å². The Morgan fingerprint density at radius 3 is 2.49 bits per heavy atom. The molecule has 2 unspecified atom stereocenters. The first-order chi connectivity index (χ1) is 27.5. The van der Waals surface area contributed by atoms with Crippen molar-refractivity contribution in [1.82, 2.24) is 14.9 Å². The third-order valence-corrected chi connectivity index (χ3v) is 14.8. The Kier molecular flexibility index (Phi) is 17.4. The molecule has 0 bridgehead atoms. The number of aromatic amines is 1. The summed E-state index contributed by atoms with van der Waals surface area (Å²) in [7, 11) is -14.0. The van der Waals surface area contributed by atoms with Crippen LogP contribution in [0.5, 0.6) is 5.75 Å². The second kappa shape index (κ2) is 21.1. The van der Waals surface area contributed by atoms with Crippen LogP contribution in [0.25, 0.3) is 6.08 Å². The molecule has 4 rings (SSSR count). The van der Waals surface area contributed by atoms with Gasteiger partial charge in [-0.25, -0.2) is 0 Å². The summed E-state index contributed by atoms with van der Waals surface area (Å²) >= 11 is 0. The van der Waals surface area contributed by atoms with Crippen molar-refractivity contribution in [3.8, 4) is 5.75 Å². The maximum atomic E-state index is 12.9. The molecular weight excluding hydrogens is 881 g/mol. The first-order valence-electron chi connectivity index (χ1n) is 17.3. The van der Waals surface area contributed by atoms with Gasteiger partial charge in [-0.2, -0.15) is 5.11 Å². The van der Waals surface area contributed by atoms with E-state index in [9.17, 15) is 43.3 Å². The van der Waals surface area contributed by atoms with Crippen LogP contribution >= 0.6 is 45.4 Å². The predicted octanol–water partition coefficient (Wildman–Crippen LogP) is 4.05. The number of rotatable bonds is 20. The first-order valence-corrected chi connectivity index (χ1v) is 24.4. The Labute approximate surface area is 345 Å². The molecule has 1 saturated heterocycles. The number of carbonyl (C=O) groups is 1. The molecule has 0 aliphatic carbocycles. The zero-order chi connectivity index (χ0) is 43.6. The quantitative estimate of drug-likeness (QED) is 0.0254. The molecule has 1 aliphatic rings. The molecule has 3 aromatic rings. The molecule has 1 amide bonds. The standard InChI is InChI=1S/C32H45N6O16P3S2/c1-32(2,3)59-58-19-50-26-16-28(52-27(26)18-51-56(46,47)54-57(48,49)53-55(43,44)45)38-17-22(30(41)35-31(38)42)5-4-14-34-29(40)21-7-9-23(10-8-21)36-37-24-15-20(12-13-33)6-11-25(24)39/h4-11,15,17,26-28,39,48-49,57H,12-14,16,18-19,33H2,1-3H3,(H,34,40)(H,46,47)(H,35,41,42)(H2,43,44,45)/b5-4+,37-36+/t26?,27-,28-/m1/s1. The molecule has 326 valence electrons. The minimum absolute atomic E-state index is 0.00318. The second-order valence-electron chi connectivity index (χ2n) is 13.5. The number of aromatic hydroxyl groups is 1. The van der Waals surface area contributed by atoms with Gasteiger partial charge in [0, 0.05) is 12.1 Å². The third-order valence-electron chi connectivity index (χ3n) is 7.55. The number of hydrogen-bond donors (Lipinski definition) is 9. The number of phosphoric acid groups is 2. The molecule has 0 saturated carbocycles. The number of nitrogens with two attached hydrogens (primary N) is 1. The maximum absolute atomic E-state index is 12.9. The molecule has 59 heavy (non-hydrogen) atoms. The molecule has 1 aliphatic heterocycles. The Balaban J connectivity index is 1.40. The Morgan fingerprint density at radius 1 is 1.12 bits per heavy atom. The Hall–Kier alpha value is -3.12. The number of phenolic OH excluding ortho intramolecular Hbond substituents is 1. The van der Waals surface area contributed by atoms with E-state index in [0.29, 0.717) is 24.2 Å². The van der Waals surface area contributed by atoms with Gasteiger partial charge in [0.05, 0.1) is 5.69 Å². The number of hydrogen-bond acceptors (Lipinski definition) is 18. The predicted molar refractivity (Wildman–Crippen MR) is 220 cm³/mol. The van der Waals surface area contributed by atoms with E-state index in [1.54, 1.807) is 24.3 Å². The molecule has 1 aromatic heterocycles. The number of phosphoric ester groups is 1. The molecule has 0 radical (unpaired) electrons. The van der Waals surface area contributed by atoms with Crippen LogP contribution in [0.15, 0.2) is 74.6 Å². The number of nitrogens with zero attached hydrogens (tertiary/aromatic N) is 3. The molecule has 2 aromatic carbocycles. The van der Waals surface area contributed by atoms with E-state index in [1.807, 2.05) is 20.8 Å². The number of aromatic nitrogens is 2. The molecule has 4 atom stereocenters. The van der Waals surface area contributed by atoms with Crippen molar-refractivity contribution in [2.24, 2.45) is 16.0 Å². The molecule has 2 heterocycles. The van der Waals surface area contributed by atoms with E-state index < -0.39 is 66.0 Å². The number of benzene rings is 2. The van der Waals surface area contributed by atoms with Crippen LogP contribution in [0.4, 0.5) is 11.4 Å². The minimum atomic E-state index is -5.86. The summed E-state index contributed by atoms with van der Waals surface area (Å²) in [6.07, 6.45) is 1.37. The van der Waals surface area contributed by atoms with E-state index in [1.165, 1.54) is 58.1 Å². The van der Waals surface area contributed by atoms with E-state index >= 15 is 0 Å². The van der Waals surface area contributed by atoms with Gasteiger partial charge in [0.15, 0.2) is 0 Å². The van der Waals surface area contributed by atoms with E-state index in [0.717, 1.165) is 10.1 Å². The van der Waals surface area contributed by atoms with Crippen molar-refractivity contribution in [3.63, 3.8) is 0 Å². The van der Waals surface area contributed by atoms with Crippen LogP contribution in [0.3, 0.4) is 0 Å². The molecule has 0 spiro atoms. The van der Waals surface area contributed by atoms with Gasteiger partial charge in [0.1, 0.15) is 11.4 Å². The SMILES string of the molecule is CC(C)(C)SSCOC1C[C@H](n2cc(/C=C/CNC(=O)c3ccc(/N=N/c4cc(CCN)ccc4O)cc3)c(=O)[nH]c2=O)O[C@@H]1COP(=O)(O)O[PH](O)(O)OP(=O)(O)O. The monoisotopic (exact) mass is 926 g/mol. The van der Waals surface area contributed by atoms with Crippen molar-refractivity contribution in [2.75, 3.05) is 25.6 Å². The molecule has 27 heteroatoms. The van der Waals surface area contributed by atoms with Crippen molar-refractivity contribution >= 4 is 68.8 Å². The van der Waals surface area contributed by atoms with Crippen LogP contribution in [0.2, 0.25) is 0 Å². The van der Waals surface area contributed by atoms with E-state index in [4.69, 9.17) is 29.5 Å². The van der Waals surface area contributed by atoms with Crippen molar-refractivity contribution < 1.29 is 66.1 Å². The van der Waals surface area contributed by atoms with Crippen molar-refractivity contribution in [3.05, 3.63) is 92.3 Å². The van der Waals surface area contributed by atoms with Crippen LogP contribution in [0, 0.1) is 0 Å². The summed E-state index contributed by atoms with van der Waals surface area (Å²) in [6, 6.07) is 11.1. The topological polar surface area (TPSA) is 336 Å². The number of ether oxygens (including phenoxy) is 2. The van der Waals surface area contributed by atoms with E-state index in [2.05, 4.69) is 29.2 Å². The summed E-state index contributed by atoms with van der Waals surface area (Å²) in [5.74, 6) is -0.396. The van der Waals surface area contributed by atoms with Gasteiger partial charge >= 0.3 is 219 Å². The summed E-state index contributed by atoms with van der Waals surface area (Å²) in [6.45, 7) is 5.55.